The molecule has 1 aromatic carbocycles. The predicted molar refractivity (Wildman–Crippen MR) is 77.5 cm³/mol. The Morgan fingerprint density at radius 3 is 2.05 bits per heavy atom. The van der Waals surface area contributed by atoms with E-state index >= 15 is 0 Å². The van der Waals surface area contributed by atoms with E-state index in [4.69, 9.17) is 11.6 Å². The summed E-state index contributed by atoms with van der Waals surface area (Å²) in [4.78, 5) is 3.99. The molecule has 0 unspecified atom stereocenters. The second kappa shape index (κ2) is 5.22. The average molecular weight is 316 g/mol. The van der Waals surface area contributed by atoms with Crippen LogP contribution in [0.3, 0.4) is 0 Å². The number of hydrogen-bond donors (Lipinski definition) is 0. The molecule has 0 fully saturated rings. The molecule has 1 aromatic heterocycles. The van der Waals surface area contributed by atoms with Crippen molar-refractivity contribution in [1.29, 1.82) is 0 Å². The van der Waals surface area contributed by atoms with Crippen molar-refractivity contribution in [2.75, 3.05) is 0 Å². The highest BCUT2D eigenvalue weighted by Crippen LogP contribution is 2.28. The summed E-state index contributed by atoms with van der Waals surface area (Å²) in [6.45, 7) is 6.09. The molecule has 0 atom stereocenters. The molecule has 0 saturated heterocycles. The summed E-state index contributed by atoms with van der Waals surface area (Å²) in [6.07, 6.45) is 1.55. The molecular weight excluding hydrogens is 303 g/mol. The largest absolute Gasteiger partial charge is 0.245 e. The molecule has 0 aliphatic carbocycles. The van der Waals surface area contributed by atoms with Crippen LogP contribution < -0.4 is 5.19 Å². The van der Waals surface area contributed by atoms with Crippen LogP contribution in [0.1, 0.15) is 0 Å². The molecule has 0 amide bonds. The summed E-state index contributed by atoms with van der Waals surface area (Å²) in [5.41, 5.74) is 0.0901. The van der Waals surface area contributed by atoms with Gasteiger partial charge in [0.15, 0.2) is 0 Å². The standard InChI is InChI=1S/C14H13ClF3NSi/c1-20(2,3)12-7-19-13(15)6-9(12)14-10(17)4-8(16)5-11(14)18/h4-7H,1-3H3. The van der Waals surface area contributed by atoms with Crippen molar-refractivity contribution in [3.63, 3.8) is 0 Å². The van der Waals surface area contributed by atoms with Gasteiger partial charge in [0.1, 0.15) is 22.6 Å². The zero-order valence-corrected chi connectivity index (χ0v) is 13.0. The van der Waals surface area contributed by atoms with Gasteiger partial charge in [-0.25, -0.2) is 18.2 Å². The Balaban J connectivity index is 2.79. The zero-order chi connectivity index (χ0) is 15.1. The highest BCUT2D eigenvalue weighted by atomic mass is 35.5. The van der Waals surface area contributed by atoms with Crippen LogP contribution in [0.2, 0.25) is 24.8 Å². The van der Waals surface area contributed by atoms with E-state index in [1.54, 1.807) is 6.20 Å². The van der Waals surface area contributed by atoms with Crippen molar-refractivity contribution in [3.05, 3.63) is 47.0 Å². The van der Waals surface area contributed by atoms with Crippen LogP contribution in [0.5, 0.6) is 0 Å². The number of nitrogens with zero attached hydrogens (tertiary/aromatic N) is 1. The summed E-state index contributed by atoms with van der Waals surface area (Å²) in [6, 6.07) is 2.76. The maximum absolute atomic E-state index is 14.0. The molecule has 20 heavy (non-hydrogen) atoms. The van der Waals surface area contributed by atoms with E-state index in [1.165, 1.54) is 6.07 Å². The van der Waals surface area contributed by atoms with Gasteiger partial charge < -0.3 is 0 Å². The highest BCUT2D eigenvalue weighted by molar-refractivity contribution is 6.89. The lowest BCUT2D eigenvalue weighted by Gasteiger charge is -2.21. The third-order valence-electron chi connectivity index (χ3n) is 2.95. The molecule has 6 heteroatoms. The molecule has 106 valence electrons. The molecule has 1 nitrogen and oxygen atoms in total. The maximum Gasteiger partial charge on any atom is 0.136 e. The lowest BCUT2D eigenvalue weighted by molar-refractivity contribution is 0.548. The van der Waals surface area contributed by atoms with Gasteiger partial charge in [-0.15, -0.1) is 0 Å². The molecule has 1 heterocycles. The van der Waals surface area contributed by atoms with Gasteiger partial charge >= 0.3 is 0 Å². The second-order valence-corrected chi connectivity index (χ2v) is 11.0. The number of aromatic nitrogens is 1. The number of rotatable bonds is 2. The Kier molecular flexibility index (Phi) is 3.93. The fraction of sp³-hybridized carbons (Fsp3) is 0.214. The molecular formula is C14H13ClF3NSi. The minimum absolute atomic E-state index is 0.144. The first kappa shape index (κ1) is 15.1. The predicted octanol–water partition coefficient (Wildman–Crippen LogP) is 4.36. The monoisotopic (exact) mass is 315 g/mol. The summed E-state index contributed by atoms with van der Waals surface area (Å²) in [5.74, 6) is -2.83. The van der Waals surface area contributed by atoms with Gasteiger partial charge in [0.05, 0.1) is 13.6 Å². The van der Waals surface area contributed by atoms with E-state index in [9.17, 15) is 13.2 Å². The summed E-state index contributed by atoms with van der Waals surface area (Å²) in [5, 5.41) is 0.913. The lowest BCUT2D eigenvalue weighted by Crippen LogP contribution is -2.39. The van der Waals surface area contributed by atoms with Crippen molar-refractivity contribution in [2.24, 2.45) is 0 Å². The summed E-state index contributed by atoms with van der Waals surface area (Å²) >= 11 is 5.84. The zero-order valence-electron chi connectivity index (χ0n) is 11.3. The van der Waals surface area contributed by atoms with Crippen molar-refractivity contribution in [2.45, 2.75) is 19.6 Å². The Bertz CT molecular complexity index is 645. The Hall–Kier alpha value is -1.33. The number of halogens is 4. The van der Waals surface area contributed by atoms with Gasteiger partial charge in [-0.1, -0.05) is 31.2 Å². The Labute approximate surface area is 121 Å². The van der Waals surface area contributed by atoms with Crippen LogP contribution in [-0.4, -0.2) is 13.1 Å². The number of benzene rings is 1. The maximum atomic E-state index is 14.0. The smallest absolute Gasteiger partial charge is 0.136 e. The second-order valence-electron chi connectivity index (χ2n) is 5.55. The SMILES string of the molecule is C[Si](C)(C)c1cnc(Cl)cc1-c1c(F)cc(F)cc1F. The van der Waals surface area contributed by atoms with Crippen molar-refractivity contribution >= 4 is 24.9 Å². The number of pyridine rings is 1. The molecule has 0 saturated carbocycles. The molecule has 0 bridgehead atoms. The quantitative estimate of drug-likeness (QED) is 0.592. The van der Waals surface area contributed by atoms with Crippen LogP contribution in [0.15, 0.2) is 24.4 Å². The van der Waals surface area contributed by atoms with Crippen LogP contribution in [-0.2, 0) is 0 Å². The lowest BCUT2D eigenvalue weighted by atomic mass is 10.1. The van der Waals surface area contributed by atoms with E-state index in [-0.39, 0.29) is 10.7 Å². The van der Waals surface area contributed by atoms with E-state index in [1.807, 2.05) is 19.6 Å². The van der Waals surface area contributed by atoms with Gasteiger partial charge in [-0.05, 0) is 16.8 Å². The minimum Gasteiger partial charge on any atom is -0.245 e. The molecule has 0 N–H and O–H groups in total. The summed E-state index contributed by atoms with van der Waals surface area (Å²) < 4.78 is 41.0. The number of hydrogen-bond acceptors (Lipinski definition) is 1. The van der Waals surface area contributed by atoms with Crippen molar-refractivity contribution < 1.29 is 13.2 Å². The average Bonchev–Trinajstić information content (AvgIpc) is 2.25. The van der Waals surface area contributed by atoms with E-state index in [2.05, 4.69) is 4.98 Å². The van der Waals surface area contributed by atoms with Gasteiger partial charge in [0, 0.05) is 18.3 Å². The van der Waals surface area contributed by atoms with Gasteiger partial charge in [0.25, 0.3) is 0 Å². The van der Waals surface area contributed by atoms with E-state index in [0.717, 1.165) is 5.19 Å². The van der Waals surface area contributed by atoms with Crippen molar-refractivity contribution in [1.82, 2.24) is 4.98 Å². The van der Waals surface area contributed by atoms with Gasteiger partial charge in [0.2, 0.25) is 0 Å². The van der Waals surface area contributed by atoms with E-state index in [0.29, 0.717) is 17.7 Å². The van der Waals surface area contributed by atoms with Gasteiger partial charge in [-0.2, -0.15) is 0 Å². The third kappa shape index (κ3) is 2.88. The summed E-state index contributed by atoms with van der Waals surface area (Å²) in [7, 11) is -1.89. The molecule has 2 rings (SSSR count). The van der Waals surface area contributed by atoms with E-state index < -0.39 is 25.5 Å². The first-order chi connectivity index (χ1) is 9.20. The highest BCUT2D eigenvalue weighted by Gasteiger charge is 2.25. The Morgan fingerprint density at radius 1 is 1.00 bits per heavy atom. The first-order valence-corrected chi connectivity index (χ1v) is 9.89. The molecule has 0 aliphatic rings. The topological polar surface area (TPSA) is 12.9 Å². The molecule has 0 aliphatic heterocycles. The first-order valence-electron chi connectivity index (χ1n) is 6.01. The Morgan fingerprint density at radius 2 is 1.55 bits per heavy atom. The van der Waals surface area contributed by atoms with Crippen molar-refractivity contribution in [3.8, 4) is 11.1 Å². The minimum atomic E-state index is -1.89. The molecule has 0 radical (unpaired) electrons. The molecule has 0 spiro atoms. The molecule has 2 aromatic rings. The third-order valence-corrected chi connectivity index (χ3v) is 5.18. The van der Waals surface area contributed by atoms with Crippen LogP contribution >= 0.6 is 11.6 Å². The normalized spacial score (nSPS) is 11.8. The fourth-order valence-electron chi connectivity index (χ4n) is 2.03. The van der Waals surface area contributed by atoms with Crippen LogP contribution in [0.4, 0.5) is 13.2 Å². The van der Waals surface area contributed by atoms with Gasteiger partial charge in [-0.3, -0.25) is 0 Å². The van der Waals surface area contributed by atoms with Crippen LogP contribution in [0.25, 0.3) is 11.1 Å². The van der Waals surface area contributed by atoms with Crippen LogP contribution in [0, 0.1) is 17.5 Å². The fourth-order valence-corrected chi connectivity index (χ4v) is 3.65.